The molecule has 0 saturated carbocycles. The van der Waals surface area contributed by atoms with Crippen LogP contribution in [0.25, 0.3) is 0 Å². The second kappa shape index (κ2) is 7.89. The van der Waals surface area contributed by atoms with Crippen molar-refractivity contribution in [1.29, 1.82) is 0 Å². The molecule has 1 nitrogen and oxygen atoms in total. The first-order chi connectivity index (χ1) is 10.1. The fourth-order valence-electron chi connectivity index (χ4n) is 1.56. The van der Waals surface area contributed by atoms with E-state index < -0.39 is 31.1 Å². The van der Waals surface area contributed by atoms with E-state index in [0.29, 0.717) is 5.56 Å². The predicted octanol–water partition coefficient (Wildman–Crippen LogP) is 5.27. The van der Waals surface area contributed by atoms with Crippen LogP contribution in [-0.2, 0) is 0 Å². The molecular weight excluding hydrogens is 330 g/mol. The molecule has 0 aliphatic carbocycles. The molecule has 0 aliphatic heterocycles. The van der Waals surface area contributed by atoms with E-state index in [1.54, 1.807) is 30.3 Å². The van der Waals surface area contributed by atoms with Gasteiger partial charge in [-0.25, -0.2) is 4.39 Å². The highest BCUT2D eigenvalue weighted by Crippen LogP contribution is 2.39. The van der Waals surface area contributed by atoms with Crippen LogP contribution in [-0.4, -0.2) is 29.1 Å². The van der Waals surface area contributed by atoms with Gasteiger partial charge in [0.15, 0.2) is 0 Å². The molecule has 0 aliphatic rings. The molecule has 0 spiro atoms. The van der Waals surface area contributed by atoms with Gasteiger partial charge < -0.3 is 0 Å². The highest BCUT2D eigenvalue weighted by atomic mass is 32.2. The van der Waals surface area contributed by atoms with E-state index in [1.165, 1.54) is 0 Å². The molecule has 0 aromatic heterocycles. The SMILES string of the molecule is O=C(SCCC(F)CCC(F)(F)C(F)(F)F)c1ccccc1. The quantitative estimate of drug-likeness (QED) is 0.627. The van der Waals surface area contributed by atoms with Gasteiger partial charge >= 0.3 is 12.1 Å². The Bertz CT molecular complexity index is 474. The molecular formula is C14H14F6OS. The predicted molar refractivity (Wildman–Crippen MR) is 73.0 cm³/mol. The van der Waals surface area contributed by atoms with E-state index >= 15 is 0 Å². The monoisotopic (exact) mass is 344 g/mol. The van der Waals surface area contributed by atoms with E-state index in [1.807, 2.05) is 0 Å². The summed E-state index contributed by atoms with van der Waals surface area (Å²) in [4.78, 5) is 11.6. The van der Waals surface area contributed by atoms with Gasteiger partial charge in [-0.05, 0) is 12.8 Å². The van der Waals surface area contributed by atoms with Gasteiger partial charge in [0.05, 0.1) is 0 Å². The van der Waals surface area contributed by atoms with Crippen LogP contribution in [0.5, 0.6) is 0 Å². The molecule has 124 valence electrons. The maximum atomic E-state index is 13.3. The minimum absolute atomic E-state index is 0.0203. The molecule has 0 saturated heterocycles. The Morgan fingerprint density at radius 2 is 1.64 bits per heavy atom. The van der Waals surface area contributed by atoms with Crippen LogP contribution in [0.15, 0.2) is 30.3 Å². The van der Waals surface area contributed by atoms with Gasteiger partial charge in [0.2, 0.25) is 5.12 Å². The number of thioether (sulfide) groups is 1. The Morgan fingerprint density at radius 1 is 1.05 bits per heavy atom. The van der Waals surface area contributed by atoms with E-state index in [9.17, 15) is 31.1 Å². The molecule has 1 unspecified atom stereocenters. The molecule has 1 rings (SSSR count). The molecule has 0 fully saturated rings. The van der Waals surface area contributed by atoms with Crippen LogP contribution in [0.3, 0.4) is 0 Å². The number of benzene rings is 1. The first-order valence-corrected chi connectivity index (χ1v) is 7.43. The average molecular weight is 344 g/mol. The number of carbonyl (C=O) groups is 1. The largest absolute Gasteiger partial charge is 0.453 e. The summed E-state index contributed by atoms with van der Waals surface area (Å²) in [7, 11) is 0. The lowest BCUT2D eigenvalue weighted by Crippen LogP contribution is -2.36. The average Bonchev–Trinajstić information content (AvgIpc) is 2.45. The maximum absolute atomic E-state index is 13.3. The number of hydrogen-bond donors (Lipinski definition) is 0. The van der Waals surface area contributed by atoms with Gasteiger partial charge in [0.1, 0.15) is 6.17 Å². The smallest absolute Gasteiger partial charge is 0.282 e. The highest BCUT2D eigenvalue weighted by molar-refractivity contribution is 8.14. The minimum atomic E-state index is -5.66. The first-order valence-electron chi connectivity index (χ1n) is 6.44. The number of alkyl halides is 6. The van der Waals surface area contributed by atoms with Gasteiger partial charge in [-0.15, -0.1) is 0 Å². The molecule has 0 heterocycles. The summed E-state index contributed by atoms with van der Waals surface area (Å²) in [5.41, 5.74) is 0.423. The van der Waals surface area contributed by atoms with Crippen LogP contribution in [0.1, 0.15) is 29.6 Å². The van der Waals surface area contributed by atoms with Crippen LogP contribution in [0, 0.1) is 0 Å². The molecule has 1 atom stereocenters. The lowest BCUT2D eigenvalue weighted by molar-refractivity contribution is -0.285. The zero-order chi connectivity index (χ0) is 16.8. The third-order valence-electron chi connectivity index (χ3n) is 2.86. The van der Waals surface area contributed by atoms with Crippen molar-refractivity contribution in [2.24, 2.45) is 0 Å². The van der Waals surface area contributed by atoms with Crippen LogP contribution < -0.4 is 0 Å². The Labute approximate surface area is 128 Å². The standard InChI is InChI=1S/C14H14F6OS/c15-11(6-8-13(16,17)14(18,19)20)7-9-22-12(21)10-4-2-1-3-5-10/h1-5,11H,6-9H2. The van der Waals surface area contributed by atoms with Gasteiger partial charge in [-0.2, -0.15) is 22.0 Å². The molecule has 22 heavy (non-hydrogen) atoms. The van der Waals surface area contributed by atoms with Crippen LogP contribution >= 0.6 is 11.8 Å². The van der Waals surface area contributed by atoms with Gasteiger partial charge in [0.25, 0.3) is 0 Å². The second-order valence-corrected chi connectivity index (χ2v) is 5.70. The normalized spacial score (nSPS) is 13.9. The van der Waals surface area contributed by atoms with E-state index in [4.69, 9.17) is 0 Å². The third-order valence-corrected chi connectivity index (χ3v) is 3.80. The number of carbonyl (C=O) groups excluding carboxylic acids is 1. The summed E-state index contributed by atoms with van der Waals surface area (Å²) >= 11 is 0.808. The van der Waals surface area contributed by atoms with Crippen molar-refractivity contribution in [3.8, 4) is 0 Å². The zero-order valence-electron chi connectivity index (χ0n) is 11.4. The summed E-state index contributed by atoms with van der Waals surface area (Å²) in [5, 5.41) is -0.298. The Morgan fingerprint density at radius 3 is 2.18 bits per heavy atom. The number of halogens is 6. The summed E-state index contributed by atoms with van der Waals surface area (Å²) in [6, 6.07) is 8.19. The first kappa shape index (κ1) is 18.9. The van der Waals surface area contributed by atoms with Crippen molar-refractivity contribution in [2.75, 3.05) is 5.75 Å². The number of hydrogen-bond acceptors (Lipinski definition) is 2. The maximum Gasteiger partial charge on any atom is 0.453 e. The van der Waals surface area contributed by atoms with Gasteiger partial charge in [-0.1, -0.05) is 42.1 Å². The molecule has 0 radical (unpaired) electrons. The van der Waals surface area contributed by atoms with Gasteiger partial charge in [-0.3, -0.25) is 4.79 Å². The Balaban J connectivity index is 2.29. The summed E-state index contributed by atoms with van der Waals surface area (Å²) in [6.07, 6.45) is -10.2. The molecule has 0 amide bonds. The van der Waals surface area contributed by atoms with Crippen molar-refractivity contribution in [3.63, 3.8) is 0 Å². The van der Waals surface area contributed by atoms with Crippen molar-refractivity contribution in [1.82, 2.24) is 0 Å². The highest BCUT2D eigenvalue weighted by Gasteiger charge is 2.56. The topological polar surface area (TPSA) is 17.1 Å². The molecule has 1 aromatic rings. The van der Waals surface area contributed by atoms with Crippen molar-refractivity contribution < 1.29 is 31.1 Å². The lowest BCUT2D eigenvalue weighted by atomic mass is 10.1. The fourth-order valence-corrected chi connectivity index (χ4v) is 2.42. The summed E-state index contributed by atoms with van der Waals surface area (Å²) in [5.74, 6) is -4.86. The lowest BCUT2D eigenvalue weighted by Gasteiger charge is -2.20. The minimum Gasteiger partial charge on any atom is -0.282 e. The molecule has 0 N–H and O–H groups in total. The number of rotatable bonds is 7. The Hall–Kier alpha value is -1.18. The fraction of sp³-hybridized carbons (Fsp3) is 0.500. The molecule has 8 heteroatoms. The van der Waals surface area contributed by atoms with Crippen molar-refractivity contribution in [3.05, 3.63) is 35.9 Å². The van der Waals surface area contributed by atoms with E-state index in [0.717, 1.165) is 11.8 Å². The molecule has 1 aromatic carbocycles. The van der Waals surface area contributed by atoms with E-state index in [-0.39, 0.29) is 17.3 Å². The van der Waals surface area contributed by atoms with Gasteiger partial charge in [0, 0.05) is 17.7 Å². The van der Waals surface area contributed by atoms with E-state index in [2.05, 4.69) is 0 Å². The summed E-state index contributed by atoms with van der Waals surface area (Å²) in [6.45, 7) is 0. The molecule has 0 bridgehead atoms. The second-order valence-electron chi connectivity index (χ2n) is 4.63. The van der Waals surface area contributed by atoms with Crippen LogP contribution in [0.2, 0.25) is 0 Å². The van der Waals surface area contributed by atoms with Crippen molar-refractivity contribution >= 4 is 16.9 Å². The summed E-state index contributed by atoms with van der Waals surface area (Å²) < 4.78 is 74.3. The Kier molecular flexibility index (Phi) is 6.77. The third kappa shape index (κ3) is 5.90. The zero-order valence-corrected chi connectivity index (χ0v) is 12.2. The van der Waals surface area contributed by atoms with Crippen LogP contribution in [0.4, 0.5) is 26.3 Å². The van der Waals surface area contributed by atoms with Crippen molar-refractivity contribution in [2.45, 2.75) is 37.5 Å².